The van der Waals surface area contributed by atoms with Crippen LogP contribution < -0.4 is 5.43 Å². The minimum Gasteiger partial charge on any atom is -0.347 e. The molecule has 0 aliphatic heterocycles. The lowest BCUT2D eigenvalue weighted by Crippen LogP contribution is -2.13. The number of aromatic nitrogens is 4. The fraction of sp³-hybridized carbons (Fsp3) is 0.231. The van der Waals surface area contributed by atoms with E-state index in [4.69, 9.17) is 12.2 Å². The zero-order chi connectivity index (χ0) is 13.2. The maximum Gasteiger partial charge on any atom is 0.214 e. The van der Waals surface area contributed by atoms with Crippen LogP contribution in [0, 0.1) is 4.77 Å². The van der Waals surface area contributed by atoms with Crippen molar-refractivity contribution in [2.24, 2.45) is 0 Å². The van der Waals surface area contributed by atoms with Gasteiger partial charge in [0.05, 0.1) is 6.54 Å². The van der Waals surface area contributed by atoms with Gasteiger partial charge in [0, 0.05) is 23.6 Å². The Morgan fingerprint density at radius 2 is 2.21 bits per heavy atom. The van der Waals surface area contributed by atoms with Gasteiger partial charge in [-0.05, 0) is 30.8 Å². The summed E-state index contributed by atoms with van der Waals surface area (Å²) in [7, 11) is 0. The molecule has 1 aromatic carbocycles. The van der Waals surface area contributed by atoms with Crippen LogP contribution in [0.3, 0.4) is 0 Å². The lowest BCUT2D eigenvalue weighted by molar-refractivity contribution is 0.783. The van der Waals surface area contributed by atoms with Gasteiger partial charge in [-0.2, -0.15) is 5.10 Å². The van der Waals surface area contributed by atoms with Crippen LogP contribution in [-0.4, -0.2) is 19.4 Å². The van der Waals surface area contributed by atoms with E-state index in [0.717, 1.165) is 6.54 Å². The molecule has 0 fully saturated rings. The highest BCUT2D eigenvalue weighted by atomic mass is 32.1. The number of hydrogen-bond acceptors (Lipinski definition) is 3. The predicted octanol–water partition coefficient (Wildman–Crippen LogP) is 2.66. The second-order valence-electron chi connectivity index (χ2n) is 4.32. The minimum atomic E-state index is 0.569. The summed E-state index contributed by atoms with van der Waals surface area (Å²) >= 11 is 5.10. The van der Waals surface area contributed by atoms with E-state index in [2.05, 4.69) is 57.6 Å². The third kappa shape index (κ3) is 2.15. The monoisotopic (exact) mass is 273 g/mol. The lowest BCUT2D eigenvalue weighted by atomic mass is 10.2. The summed E-state index contributed by atoms with van der Waals surface area (Å²) in [6, 6.07) is 8.42. The summed E-state index contributed by atoms with van der Waals surface area (Å²) < 4.78 is 4.54. The SMILES string of the molecule is CCn1cc(CNn2cn[nH]c2=S)c2ccccc21. The second kappa shape index (κ2) is 4.89. The fourth-order valence-electron chi connectivity index (χ4n) is 2.26. The number of nitrogens with zero attached hydrogens (tertiary/aromatic N) is 3. The van der Waals surface area contributed by atoms with Gasteiger partial charge in [-0.1, -0.05) is 18.2 Å². The van der Waals surface area contributed by atoms with Gasteiger partial charge in [-0.25, -0.2) is 4.68 Å². The topological polar surface area (TPSA) is 50.6 Å². The Morgan fingerprint density at radius 1 is 1.37 bits per heavy atom. The molecule has 2 aromatic heterocycles. The highest BCUT2D eigenvalue weighted by Gasteiger charge is 2.06. The number of fused-ring (bicyclic) bond motifs is 1. The molecular weight excluding hydrogens is 258 g/mol. The summed E-state index contributed by atoms with van der Waals surface area (Å²) in [5, 5.41) is 7.87. The molecule has 0 aliphatic rings. The molecule has 0 spiro atoms. The minimum absolute atomic E-state index is 0.569. The smallest absolute Gasteiger partial charge is 0.214 e. The third-order valence-electron chi connectivity index (χ3n) is 3.20. The average Bonchev–Trinajstić information content (AvgIpc) is 3.00. The van der Waals surface area contributed by atoms with E-state index >= 15 is 0 Å². The summed E-state index contributed by atoms with van der Waals surface area (Å²) in [5.41, 5.74) is 5.76. The van der Waals surface area contributed by atoms with Gasteiger partial charge in [-0.15, -0.1) is 0 Å². The van der Waals surface area contributed by atoms with Gasteiger partial charge in [-0.3, -0.25) is 5.10 Å². The molecule has 0 bridgehead atoms. The molecule has 2 heterocycles. The molecule has 2 N–H and O–H groups in total. The first-order chi connectivity index (χ1) is 9.29. The normalized spacial score (nSPS) is 11.0. The number of hydrogen-bond donors (Lipinski definition) is 2. The molecule has 6 heteroatoms. The van der Waals surface area contributed by atoms with Crippen LogP contribution in [0.5, 0.6) is 0 Å². The van der Waals surface area contributed by atoms with Crippen LogP contribution in [0.1, 0.15) is 12.5 Å². The highest BCUT2D eigenvalue weighted by molar-refractivity contribution is 7.71. The molecule has 0 saturated carbocycles. The Bertz CT molecular complexity index is 752. The number of H-pyrrole nitrogens is 1. The molecule has 98 valence electrons. The standard InChI is InChI=1S/C13H15N5S/c1-2-17-8-10(11-5-3-4-6-12(11)17)7-15-18-9-14-16-13(18)19/h3-6,8-9,15H,2,7H2,1H3,(H,16,19). The molecule has 3 aromatic rings. The maximum atomic E-state index is 5.10. The van der Waals surface area contributed by atoms with Crippen molar-refractivity contribution < 1.29 is 0 Å². The molecular formula is C13H15N5S. The van der Waals surface area contributed by atoms with Crippen molar-refractivity contribution in [2.75, 3.05) is 5.43 Å². The summed E-state index contributed by atoms with van der Waals surface area (Å²) in [6.07, 6.45) is 3.82. The van der Waals surface area contributed by atoms with Gasteiger partial charge >= 0.3 is 0 Å². The Balaban J connectivity index is 1.93. The summed E-state index contributed by atoms with van der Waals surface area (Å²) in [5.74, 6) is 0. The average molecular weight is 273 g/mol. The Labute approximate surface area is 115 Å². The van der Waals surface area contributed by atoms with E-state index in [-0.39, 0.29) is 0 Å². The van der Waals surface area contributed by atoms with E-state index in [1.807, 2.05) is 0 Å². The zero-order valence-corrected chi connectivity index (χ0v) is 11.4. The summed E-state index contributed by atoms with van der Waals surface area (Å²) in [4.78, 5) is 0. The first-order valence-electron chi connectivity index (χ1n) is 6.22. The molecule has 19 heavy (non-hydrogen) atoms. The first kappa shape index (κ1) is 12.0. The van der Waals surface area contributed by atoms with Crippen LogP contribution in [0.2, 0.25) is 0 Å². The molecule has 0 amide bonds. The predicted molar refractivity (Wildman–Crippen MR) is 78.1 cm³/mol. The van der Waals surface area contributed by atoms with Crippen molar-refractivity contribution in [3.8, 4) is 0 Å². The molecule has 0 radical (unpaired) electrons. The fourth-order valence-corrected chi connectivity index (χ4v) is 2.42. The Morgan fingerprint density at radius 3 is 2.95 bits per heavy atom. The molecule has 0 unspecified atom stereocenters. The number of aromatic amines is 1. The van der Waals surface area contributed by atoms with Crippen LogP contribution in [-0.2, 0) is 13.1 Å². The van der Waals surface area contributed by atoms with Gasteiger partial charge in [0.1, 0.15) is 6.33 Å². The first-order valence-corrected chi connectivity index (χ1v) is 6.63. The van der Waals surface area contributed by atoms with Crippen molar-refractivity contribution in [1.82, 2.24) is 19.4 Å². The molecule has 0 atom stereocenters. The summed E-state index contributed by atoms with van der Waals surface area (Å²) in [6.45, 7) is 3.82. The largest absolute Gasteiger partial charge is 0.347 e. The lowest BCUT2D eigenvalue weighted by Gasteiger charge is -2.04. The highest BCUT2D eigenvalue weighted by Crippen LogP contribution is 2.21. The van der Waals surface area contributed by atoms with E-state index in [0.29, 0.717) is 11.3 Å². The van der Waals surface area contributed by atoms with Gasteiger partial charge in [0.2, 0.25) is 4.77 Å². The van der Waals surface area contributed by atoms with Crippen molar-refractivity contribution in [1.29, 1.82) is 0 Å². The van der Waals surface area contributed by atoms with Crippen LogP contribution in [0.4, 0.5) is 0 Å². The van der Waals surface area contributed by atoms with Crippen LogP contribution in [0.15, 0.2) is 36.8 Å². The second-order valence-corrected chi connectivity index (χ2v) is 4.71. The quantitative estimate of drug-likeness (QED) is 0.719. The van der Waals surface area contributed by atoms with E-state index in [9.17, 15) is 0 Å². The number of aryl methyl sites for hydroxylation is 1. The Hall–Kier alpha value is -2.08. The van der Waals surface area contributed by atoms with Gasteiger partial charge in [0.15, 0.2) is 0 Å². The van der Waals surface area contributed by atoms with Gasteiger partial charge in [0.25, 0.3) is 0 Å². The van der Waals surface area contributed by atoms with Crippen molar-refractivity contribution in [3.05, 3.63) is 47.1 Å². The number of para-hydroxylation sites is 1. The van der Waals surface area contributed by atoms with Crippen molar-refractivity contribution >= 4 is 23.1 Å². The number of benzene rings is 1. The van der Waals surface area contributed by atoms with Crippen LogP contribution in [0.25, 0.3) is 10.9 Å². The van der Waals surface area contributed by atoms with Crippen LogP contribution >= 0.6 is 12.2 Å². The van der Waals surface area contributed by atoms with Gasteiger partial charge < -0.3 is 9.99 Å². The number of rotatable bonds is 4. The number of nitrogens with one attached hydrogen (secondary N) is 2. The maximum absolute atomic E-state index is 5.10. The molecule has 0 aliphatic carbocycles. The van der Waals surface area contributed by atoms with E-state index in [1.54, 1.807) is 11.0 Å². The Kier molecular flexibility index (Phi) is 3.08. The van der Waals surface area contributed by atoms with Crippen molar-refractivity contribution in [2.45, 2.75) is 20.0 Å². The molecule has 5 nitrogen and oxygen atoms in total. The molecule has 0 saturated heterocycles. The van der Waals surface area contributed by atoms with E-state index in [1.165, 1.54) is 16.5 Å². The van der Waals surface area contributed by atoms with Crippen molar-refractivity contribution in [3.63, 3.8) is 0 Å². The third-order valence-corrected chi connectivity index (χ3v) is 3.49. The molecule has 3 rings (SSSR count). The van der Waals surface area contributed by atoms with E-state index < -0.39 is 0 Å². The zero-order valence-electron chi connectivity index (χ0n) is 10.6.